The largest absolute Gasteiger partial charge is 0.478 e. The van der Waals surface area contributed by atoms with Crippen LogP contribution in [0.2, 0.25) is 0 Å². The third-order valence-corrected chi connectivity index (χ3v) is 3.87. The predicted molar refractivity (Wildman–Crippen MR) is 87.0 cm³/mol. The maximum atomic E-state index is 12.4. The van der Waals surface area contributed by atoms with Crippen LogP contribution in [0.4, 0.5) is 5.82 Å². The molecule has 1 fully saturated rings. The third-order valence-electron chi connectivity index (χ3n) is 3.87. The Morgan fingerprint density at radius 3 is 2.74 bits per heavy atom. The molecule has 23 heavy (non-hydrogen) atoms. The summed E-state index contributed by atoms with van der Waals surface area (Å²) in [7, 11) is 0. The van der Waals surface area contributed by atoms with Gasteiger partial charge in [0.05, 0.1) is 12.2 Å². The zero-order valence-electron chi connectivity index (χ0n) is 13.5. The molecule has 3 rings (SSSR count). The number of anilines is 1. The second-order valence-electron chi connectivity index (χ2n) is 5.49. The molecule has 1 amide bonds. The van der Waals surface area contributed by atoms with E-state index in [-0.39, 0.29) is 5.91 Å². The fourth-order valence-electron chi connectivity index (χ4n) is 2.69. The zero-order valence-corrected chi connectivity index (χ0v) is 13.5. The maximum Gasteiger partial charge on any atom is 0.257 e. The number of amides is 1. The van der Waals surface area contributed by atoms with E-state index in [4.69, 9.17) is 9.15 Å². The number of carbonyl (C=O) groups is 1. The first kappa shape index (κ1) is 15.4. The van der Waals surface area contributed by atoms with Crippen LogP contribution in [-0.4, -0.2) is 48.6 Å². The maximum absolute atomic E-state index is 12.4. The van der Waals surface area contributed by atoms with Gasteiger partial charge >= 0.3 is 0 Å². The second kappa shape index (κ2) is 6.73. The van der Waals surface area contributed by atoms with Crippen LogP contribution in [0.1, 0.15) is 23.0 Å². The summed E-state index contributed by atoms with van der Waals surface area (Å²) in [6, 6.07) is 7.55. The van der Waals surface area contributed by atoms with Crippen molar-refractivity contribution in [3.05, 3.63) is 41.9 Å². The minimum absolute atomic E-state index is 0.0255. The molecule has 0 unspecified atom stereocenters. The van der Waals surface area contributed by atoms with Gasteiger partial charge in [0.2, 0.25) is 5.88 Å². The van der Waals surface area contributed by atoms with E-state index in [2.05, 4.69) is 9.88 Å². The Kier molecular flexibility index (Phi) is 4.50. The summed E-state index contributed by atoms with van der Waals surface area (Å²) in [6.07, 6.45) is 1.52. The number of ether oxygens (including phenoxy) is 1. The van der Waals surface area contributed by atoms with Crippen molar-refractivity contribution in [3.63, 3.8) is 0 Å². The number of aromatic nitrogens is 1. The minimum atomic E-state index is 0.0255. The predicted octanol–water partition coefficient (Wildman–Crippen LogP) is 2.34. The number of hydrogen-bond acceptors (Lipinski definition) is 5. The number of aryl methyl sites for hydroxylation is 1. The molecule has 6 nitrogen and oxygen atoms in total. The van der Waals surface area contributed by atoms with E-state index in [9.17, 15) is 4.79 Å². The molecule has 1 aliphatic rings. The Bertz CT molecular complexity index is 675. The summed E-state index contributed by atoms with van der Waals surface area (Å²) in [6.45, 7) is 7.23. The van der Waals surface area contributed by atoms with E-state index in [1.165, 1.54) is 6.26 Å². The van der Waals surface area contributed by atoms with Crippen LogP contribution in [0.3, 0.4) is 0 Å². The van der Waals surface area contributed by atoms with Gasteiger partial charge in [-0.05, 0) is 26.0 Å². The molecule has 0 atom stereocenters. The van der Waals surface area contributed by atoms with E-state index in [1.807, 2.05) is 36.9 Å². The molecule has 2 aromatic heterocycles. The Morgan fingerprint density at radius 2 is 2.09 bits per heavy atom. The van der Waals surface area contributed by atoms with Crippen LogP contribution in [0, 0.1) is 6.92 Å². The van der Waals surface area contributed by atoms with Crippen LogP contribution < -0.4 is 9.64 Å². The molecule has 2 aromatic rings. The third kappa shape index (κ3) is 3.47. The van der Waals surface area contributed by atoms with E-state index in [1.54, 1.807) is 6.07 Å². The van der Waals surface area contributed by atoms with Crippen molar-refractivity contribution in [2.24, 2.45) is 0 Å². The average Bonchev–Trinajstić information content (AvgIpc) is 3.01. The first-order valence-corrected chi connectivity index (χ1v) is 7.86. The summed E-state index contributed by atoms with van der Waals surface area (Å²) in [5.41, 5.74) is 0.618. The smallest absolute Gasteiger partial charge is 0.257 e. The van der Waals surface area contributed by atoms with Gasteiger partial charge in [0.1, 0.15) is 17.8 Å². The van der Waals surface area contributed by atoms with Gasteiger partial charge in [-0.3, -0.25) is 4.79 Å². The number of hydrogen-bond donors (Lipinski definition) is 0. The molecule has 3 heterocycles. The molecule has 0 bridgehead atoms. The van der Waals surface area contributed by atoms with Gasteiger partial charge in [-0.1, -0.05) is 6.07 Å². The van der Waals surface area contributed by atoms with E-state index < -0.39 is 0 Å². The molecule has 0 spiro atoms. The van der Waals surface area contributed by atoms with Crippen LogP contribution in [0.15, 0.2) is 34.9 Å². The van der Waals surface area contributed by atoms with Gasteiger partial charge < -0.3 is 19.0 Å². The van der Waals surface area contributed by atoms with Gasteiger partial charge in [0.25, 0.3) is 5.91 Å². The van der Waals surface area contributed by atoms with Crippen LogP contribution in [-0.2, 0) is 0 Å². The normalized spacial score (nSPS) is 14.9. The fraction of sp³-hybridized carbons (Fsp3) is 0.412. The Balaban J connectivity index is 1.62. The number of furan rings is 1. The molecular formula is C17H21N3O3. The van der Waals surface area contributed by atoms with Crippen LogP contribution >= 0.6 is 0 Å². The highest BCUT2D eigenvalue weighted by Gasteiger charge is 2.23. The highest BCUT2D eigenvalue weighted by molar-refractivity contribution is 5.94. The van der Waals surface area contributed by atoms with Gasteiger partial charge in [-0.2, -0.15) is 4.98 Å². The molecule has 1 saturated heterocycles. The van der Waals surface area contributed by atoms with E-state index in [0.29, 0.717) is 31.1 Å². The molecule has 0 radical (unpaired) electrons. The molecule has 122 valence electrons. The van der Waals surface area contributed by atoms with E-state index in [0.717, 1.165) is 24.7 Å². The lowest BCUT2D eigenvalue weighted by atomic mass is 10.2. The Labute approximate surface area is 135 Å². The number of piperazine rings is 1. The summed E-state index contributed by atoms with van der Waals surface area (Å²) in [5, 5.41) is 0. The summed E-state index contributed by atoms with van der Waals surface area (Å²) in [5.74, 6) is 2.31. The molecule has 0 saturated carbocycles. The summed E-state index contributed by atoms with van der Waals surface area (Å²) in [4.78, 5) is 20.9. The molecule has 0 N–H and O–H groups in total. The highest BCUT2D eigenvalue weighted by atomic mass is 16.5. The number of nitrogens with zero attached hydrogens (tertiary/aromatic N) is 3. The van der Waals surface area contributed by atoms with Crippen molar-refractivity contribution in [1.82, 2.24) is 9.88 Å². The Morgan fingerprint density at radius 1 is 1.30 bits per heavy atom. The quantitative estimate of drug-likeness (QED) is 0.867. The zero-order chi connectivity index (χ0) is 16.2. The topological polar surface area (TPSA) is 58.8 Å². The molecule has 1 aliphatic heterocycles. The summed E-state index contributed by atoms with van der Waals surface area (Å²) < 4.78 is 10.7. The molecule has 6 heteroatoms. The van der Waals surface area contributed by atoms with Crippen molar-refractivity contribution in [2.75, 3.05) is 37.7 Å². The monoisotopic (exact) mass is 315 g/mol. The van der Waals surface area contributed by atoms with Crippen LogP contribution in [0.25, 0.3) is 0 Å². The number of pyridine rings is 1. The molecular weight excluding hydrogens is 294 g/mol. The fourth-order valence-corrected chi connectivity index (χ4v) is 2.69. The highest BCUT2D eigenvalue weighted by Crippen LogP contribution is 2.19. The first-order valence-electron chi connectivity index (χ1n) is 7.86. The van der Waals surface area contributed by atoms with Gasteiger partial charge in [0, 0.05) is 32.2 Å². The molecule has 0 aliphatic carbocycles. The van der Waals surface area contributed by atoms with Crippen molar-refractivity contribution >= 4 is 11.7 Å². The van der Waals surface area contributed by atoms with Crippen molar-refractivity contribution in [2.45, 2.75) is 13.8 Å². The second-order valence-corrected chi connectivity index (χ2v) is 5.49. The van der Waals surface area contributed by atoms with Crippen molar-refractivity contribution in [3.8, 4) is 5.88 Å². The average molecular weight is 315 g/mol. The minimum Gasteiger partial charge on any atom is -0.478 e. The standard InChI is InChI=1S/C17H21N3O3/c1-3-22-16-6-4-5-15(18-16)19-7-9-20(10-8-19)17(21)14-11-13(2)23-12-14/h4-6,11-12H,3,7-10H2,1-2H3. The van der Waals surface area contributed by atoms with Crippen molar-refractivity contribution < 1.29 is 13.9 Å². The first-order chi connectivity index (χ1) is 11.2. The number of carbonyl (C=O) groups excluding carboxylic acids is 1. The van der Waals surface area contributed by atoms with E-state index >= 15 is 0 Å². The molecule has 0 aromatic carbocycles. The summed E-state index contributed by atoms with van der Waals surface area (Å²) >= 11 is 0. The lowest BCUT2D eigenvalue weighted by Gasteiger charge is -2.35. The van der Waals surface area contributed by atoms with Crippen molar-refractivity contribution in [1.29, 1.82) is 0 Å². The van der Waals surface area contributed by atoms with Gasteiger partial charge in [-0.25, -0.2) is 0 Å². The Hall–Kier alpha value is -2.50. The number of rotatable bonds is 4. The van der Waals surface area contributed by atoms with Crippen LogP contribution in [0.5, 0.6) is 5.88 Å². The lowest BCUT2D eigenvalue weighted by Crippen LogP contribution is -2.49. The SMILES string of the molecule is CCOc1cccc(N2CCN(C(=O)c3coc(C)c3)CC2)n1. The lowest BCUT2D eigenvalue weighted by molar-refractivity contribution is 0.0745. The van der Waals surface area contributed by atoms with Gasteiger partial charge in [0.15, 0.2) is 0 Å². The van der Waals surface area contributed by atoms with Gasteiger partial charge in [-0.15, -0.1) is 0 Å².